The Kier molecular flexibility index (Phi) is 6.39. The molecule has 0 unspecified atom stereocenters. The molecule has 0 aliphatic carbocycles. The summed E-state index contributed by atoms with van der Waals surface area (Å²) >= 11 is 0. The van der Waals surface area contributed by atoms with Crippen LogP contribution in [0.4, 0.5) is 0 Å². The normalized spacial score (nSPS) is 10.6. The van der Waals surface area contributed by atoms with Crippen molar-refractivity contribution in [1.29, 1.82) is 5.26 Å². The van der Waals surface area contributed by atoms with Gasteiger partial charge in [-0.25, -0.2) is 4.98 Å². The van der Waals surface area contributed by atoms with Gasteiger partial charge < -0.3 is 4.98 Å². The van der Waals surface area contributed by atoms with Gasteiger partial charge in [-0.3, -0.25) is 4.79 Å². The van der Waals surface area contributed by atoms with Crippen LogP contribution < -0.4 is 5.56 Å². The molecule has 142 valence electrons. The third-order valence-electron chi connectivity index (χ3n) is 4.92. The van der Waals surface area contributed by atoms with Crippen molar-refractivity contribution >= 4 is 0 Å². The minimum atomic E-state index is -0.0661. The Morgan fingerprint density at radius 1 is 1.11 bits per heavy atom. The molecular formula is C24H25N3O. The van der Waals surface area contributed by atoms with Crippen LogP contribution in [-0.2, 0) is 19.3 Å². The van der Waals surface area contributed by atoms with Gasteiger partial charge in [0.05, 0.1) is 17.3 Å². The van der Waals surface area contributed by atoms with Crippen LogP contribution in [0.3, 0.4) is 0 Å². The number of hydrogen-bond acceptors (Lipinski definition) is 3. The summed E-state index contributed by atoms with van der Waals surface area (Å²) in [6.07, 6.45) is 4.05. The number of H-pyrrole nitrogens is 1. The van der Waals surface area contributed by atoms with E-state index in [4.69, 9.17) is 0 Å². The van der Waals surface area contributed by atoms with Gasteiger partial charge in [0.2, 0.25) is 0 Å². The second kappa shape index (κ2) is 9.14. The van der Waals surface area contributed by atoms with E-state index >= 15 is 0 Å². The lowest BCUT2D eigenvalue weighted by Gasteiger charge is -2.11. The van der Waals surface area contributed by atoms with Gasteiger partial charge in [-0.2, -0.15) is 5.26 Å². The number of hydrogen-bond donors (Lipinski definition) is 1. The van der Waals surface area contributed by atoms with Gasteiger partial charge in [0.15, 0.2) is 0 Å². The van der Waals surface area contributed by atoms with Crippen molar-refractivity contribution in [3.8, 4) is 17.2 Å². The zero-order valence-electron chi connectivity index (χ0n) is 16.5. The summed E-state index contributed by atoms with van der Waals surface area (Å²) in [5.41, 5.74) is 5.02. The number of nitrogens with zero attached hydrogens (tertiary/aromatic N) is 2. The summed E-state index contributed by atoms with van der Waals surface area (Å²) < 4.78 is 0. The number of nitrogens with one attached hydrogen (secondary N) is 1. The van der Waals surface area contributed by atoms with E-state index in [0.717, 1.165) is 47.5 Å². The maximum absolute atomic E-state index is 12.7. The van der Waals surface area contributed by atoms with Crippen LogP contribution in [0.5, 0.6) is 0 Å². The summed E-state index contributed by atoms with van der Waals surface area (Å²) in [7, 11) is 0. The van der Waals surface area contributed by atoms with E-state index in [1.54, 1.807) is 0 Å². The van der Waals surface area contributed by atoms with E-state index in [1.165, 1.54) is 0 Å². The fourth-order valence-electron chi connectivity index (χ4n) is 3.36. The highest BCUT2D eigenvalue weighted by Gasteiger charge is 2.13. The molecule has 28 heavy (non-hydrogen) atoms. The molecule has 4 heteroatoms. The largest absolute Gasteiger partial charge is 0.310 e. The molecule has 3 aromatic rings. The molecule has 0 saturated heterocycles. The quantitative estimate of drug-likeness (QED) is 0.648. The molecule has 0 amide bonds. The Morgan fingerprint density at radius 3 is 2.57 bits per heavy atom. The van der Waals surface area contributed by atoms with Crippen LogP contribution in [-0.4, -0.2) is 9.97 Å². The van der Waals surface area contributed by atoms with Crippen molar-refractivity contribution in [1.82, 2.24) is 9.97 Å². The Labute approximate surface area is 165 Å². The summed E-state index contributed by atoms with van der Waals surface area (Å²) in [5.74, 6) is 0.733. The average Bonchev–Trinajstić information content (AvgIpc) is 2.74. The van der Waals surface area contributed by atoms with Crippen molar-refractivity contribution in [2.45, 2.75) is 46.0 Å². The smallest absolute Gasteiger partial charge is 0.254 e. The third kappa shape index (κ3) is 4.37. The molecule has 0 saturated carbocycles. The maximum atomic E-state index is 12.7. The molecule has 4 nitrogen and oxygen atoms in total. The predicted molar refractivity (Wildman–Crippen MR) is 112 cm³/mol. The summed E-state index contributed by atoms with van der Waals surface area (Å²) in [5, 5.41) is 9.63. The van der Waals surface area contributed by atoms with Gasteiger partial charge in [0, 0.05) is 18.4 Å². The molecule has 3 rings (SSSR count). The first-order valence-corrected chi connectivity index (χ1v) is 9.85. The van der Waals surface area contributed by atoms with Crippen LogP contribution >= 0.6 is 0 Å². The standard InChI is InChI=1S/C24H25N3O/c1-3-5-11-22-21(24(28)27-23(4-2)26-22)15-17-12-13-20(19(14-17)16-25)18-9-7-6-8-10-18/h6-10,12-14H,3-5,11,15H2,1-2H3,(H,26,27,28). The molecule has 1 N–H and O–H groups in total. The minimum Gasteiger partial charge on any atom is -0.310 e. The first-order chi connectivity index (χ1) is 13.7. The fourth-order valence-corrected chi connectivity index (χ4v) is 3.36. The number of benzene rings is 2. The van der Waals surface area contributed by atoms with E-state index < -0.39 is 0 Å². The lowest BCUT2D eigenvalue weighted by molar-refractivity contribution is 0.744. The van der Waals surface area contributed by atoms with Crippen molar-refractivity contribution in [2.24, 2.45) is 0 Å². The number of nitriles is 1. The first kappa shape index (κ1) is 19.6. The molecule has 0 bridgehead atoms. The van der Waals surface area contributed by atoms with E-state index in [2.05, 4.69) is 23.0 Å². The van der Waals surface area contributed by atoms with Crippen LogP contribution in [0.2, 0.25) is 0 Å². The molecular weight excluding hydrogens is 346 g/mol. The number of unbranched alkanes of at least 4 members (excludes halogenated alkanes) is 1. The third-order valence-corrected chi connectivity index (χ3v) is 4.92. The number of aryl methyl sites for hydroxylation is 2. The highest BCUT2D eigenvalue weighted by atomic mass is 16.1. The maximum Gasteiger partial charge on any atom is 0.254 e. The summed E-state index contributed by atoms with van der Waals surface area (Å²) in [4.78, 5) is 20.2. The Hall–Kier alpha value is -3.19. The SMILES string of the molecule is CCCCc1nc(CC)[nH]c(=O)c1Cc1ccc(-c2ccccc2)c(C#N)c1. The van der Waals surface area contributed by atoms with Crippen LogP contribution in [0.25, 0.3) is 11.1 Å². The molecule has 0 radical (unpaired) electrons. The molecule has 0 spiro atoms. The fraction of sp³-hybridized carbons (Fsp3) is 0.292. The second-order valence-electron chi connectivity index (χ2n) is 6.93. The highest BCUT2D eigenvalue weighted by Crippen LogP contribution is 2.25. The van der Waals surface area contributed by atoms with E-state index in [-0.39, 0.29) is 5.56 Å². The number of aromatic amines is 1. The average molecular weight is 371 g/mol. The molecule has 2 aromatic carbocycles. The first-order valence-electron chi connectivity index (χ1n) is 9.85. The summed E-state index contributed by atoms with van der Waals surface area (Å²) in [6.45, 7) is 4.12. The molecule has 0 aliphatic rings. The van der Waals surface area contributed by atoms with Gasteiger partial charge in [-0.15, -0.1) is 0 Å². The van der Waals surface area contributed by atoms with Crippen LogP contribution in [0.1, 0.15) is 54.9 Å². The van der Waals surface area contributed by atoms with Gasteiger partial charge in [0.25, 0.3) is 5.56 Å². The Balaban J connectivity index is 1.98. The van der Waals surface area contributed by atoms with Gasteiger partial charge in [-0.1, -0.05) is 62.7 Å². The van der Waals surface area contributed by atoms with Crippen LogP contribution in [0, 0.1) is 11.3 Å². The van der Waals surface area contributed by atoms with Crippen molar-refractivity contribution in [3.05, 3.63) is 87.1 Å². The molecule has 1 heterocycles. The van der Waals surface area contributed by atoms with Gasteiger partial charge in [0.1, 0.15) is 5.82 Å². The minimum absolute atomic E-state index is 0.0661. The second-order valence-corrected chi connectivity index (χ2v) is 6.93. The highest BCUT2D eigenvalue weighted by molar-refractivity contribution is 5.71. The number of aromatic nitrogens is 2. The molecule has 0 atom stereocenters. The topological polar surface area (TPSA) is 69.5 Å². The molecule has 1 aromatic heterocycles. The predicted octanol–water partition coefficient (Wildman–Crippen LogP) is 4.80. The Bertz CT molecular complexity index is 1050. The Morgan fingerprint density at radius 2 is 1.89 bits per heavy atom. The van der Waals surface area contributed by atoms with Crippen molar-refractivity contribution < 1.29 is 0 Å². The molecule has 0 aliphatic heterocycles. The van der Waals surface area contributed by atoms with Crippen molar-refractivity contribution in [2.75, 3.05) is 0 Å². The zero-order chi connectivity index (χ0) is 19.9. The summed E-state index contributed by atoms with van der Waals surface area (Å²) in [6, 6.07) is 18.0. The van der Waals surface area contributed by atoms with E-state index in [0.29, 0.717) is 24.0 Å². The lowest BCUT2D eigenvalue weighted by atomic mass is 9.95. The van der Waals surface area contributed by atoms with Crippen LogP contribution in [0.15, 0.2) is 53.3 Å². The zero-order valence-corrected chi connectivity index (χ0v) is 16.5. The van der Waals surface area contributed by atoms with E-state index in [9.17, 15) is 10.1 Å². The molecule has 0 fully saturated rings. The monoisotopic (exact) mass is 371 g/mol. The number of rotatable bonds is 7. The lowest BCUT2D eigenvalue weighted by Crippen LogP contribution is -2.20. The van der Waals surface area contributed by atoms with Gasteiger partial charge >= 0.3 is 0 Å². The van der Waals surface area contributed by atoms with Gasteiger partial charge in [-0.05, 0) is 35.6 Å². The van der Waals surface area contributed by atoms with E-state index in [1.807, 2.05) is 55.5 Å². The van der Waals surface area contributed by atoms with Crippen molar-refractivity contribution in [3.63, 3.8) is 0 Å².